The van der Waals surface area contributed by atoms with Crippen LogP contribution in [0.2, 0.25) is 10.0 Å². The van der Waals surface area contributed by atoms with Gasteiger partial charge in [-0.3, -0.25) is 4.79 Å². The minimum atomic E-state index is -0.231. The van der Waals surface area contributed by atoms with Crippen LogP contribution < -0.4 is 0 Å². The summed E-state index contributed by atoms with van der Waals surface area (Å²) in [5.41, 5.74) is 0.386. The Morgan fingerprint density at radius 2 is 2.13 bits per heavy atom. The molecule has 1 N–H and O–H groups in total. The molecule has 3 nitrogen and oxygen atoms in total. The van der Waals surface area contributed by atoms with Crippen molar-refractivity contribution in [2.75, 3.05) is 20.2 Å². The van der Waals surface area contributed by atoms with Crippen LogP contribution in [0.3, 0.4) is 0 Å². The first-order valence-corrected chi connectivity index (χ1v) is 5.13. The lowest BCUT2D eigenvalue weighted by Gasteiger charge is -2.16. The standard InChI is InChI=1S/C10H11Cl2NO2/c1-13(4-5-14)10(15)8-3-2-7(11)6-9(8)12/h2-3,6,14H,4-5H2,1H3. The lowest BCUT2D eigenvalue weighted by molar-refractivity contribution is 0.0767. The summed E-state index contributed by atoms with van der Waals surface area (Å²) in [6.45, 7) is 0.200. The normalized spacial score (nSPS) is 10.1. The molecule has 0 saturated heterocycles. The van der Waals surface area contributed by atoms with Crippen LogP contribution in [-0.4, -0.2) is 36.1 Å². The molecule has 0 atom stereocenters. The number of rotatable bonds is 3. The number of hydrogen-bond donors (Lipinski definition) is 1. The lowest BCUT2D eigenvalue weighted by Crippen LogP contribution is -2.29. The number of benzene rings is 1. The van der Waals surface area contributed by atoms with Crippen LogP contribution in [0.4, 0.5) is 0 Å². The molecule has 0 aliphatic rings. The summed E-state index contributed by atoms with van der Waals surface area (Å²) in [6.07, 6.45) is 0. The summed E-state index contributed by atoms with van der Waals surface area (Å²) in [5.74, 6) is -0.231. The van der Waals surface area contributed by atoms with E-state index in [-0.39, 0.29) is 19.1 Å². The van der Waals surface area contributed by atoms with E-state index in [9.17, 15) is 4.79 Å². The third kappa shape index (κ3) is 3.09. The van der Waals surface area contributed by atoms with Crippen molar-refractivity contribution in [2.45, 2.75) is 0 Å². The van der Waals surface area contributed by atoms with E-state index in [0.29, 0.717) is 15.6 Å². The van der Waals surface area contributed by atoms with Gasteiger partial charge in [0.1, 0.15) is 0 Å². The highest BCUT2D eigenvalue weighted by atomic mass is 35.5. The molecule has 5 heteroatoms. The zero-order chi connectivity index (χ0) is 11.4. The number of likely N-dealkylation sites (N-methyl/N-ethyl adjacent to an activating group) is 1. The summed E-state index contributed by atoms with van der Waals surface area (Å²) in [5, 5.41) is 9.50. The lowest BCUT2D eigenvalue weighted by atomic mass is 10.2. The minimum absolute atomic E-state index is 0.0759. The summed E-state index contributed by atoms with van der Waals surface area (Å²) in [6, 6.07) is 4.69. The molecule has 15 heavy (non-hydrogen) atoms. The van der Waals surface area contributed by atoms with E-state index in [1.807, 2.05) is 0 Å². The van der Waals surface area contributed by atoms with E-state index in [1.165, 1.54) is 11.0 Å². The van der Waals surface area contributed by atoms with Crippen LogP contribution in [0.25, 0.3) is 0 Å². The summed E-state index contributed by atoms with van der Waals surface area (Å²) >= 11 is 11.6. The van der Waals surface area contributed by atoms with E-state index in [0.717, 1.165) is 0 Å². The fourth-order valence-corrected chi connectivity index (χ4v) is 1.61. The number of halogens is 2. The summed E-state index contributed by atoms with van der Waals surface area (Å²) in [4.78, 5) is 13.2. The van der Waals surface area contributed by atoms with Crippen molar-refractivity contribution in [3.8, 4) is 0 Å². The topological polar surface area (TPSA) is 40.5 Å². The third-order valence-corrected chi connectivity index (χ3v) is 2.49. The second kappa shape index (κ2) is 5.35. The van der Waals surface area contributed by atoms with E-state index < -0.39 is 0 Å². The van der Waals surface area contributed by atoms with Gasteiger partial charge < -0.3 is 10.0 Å². The fourth-order valence-electron chi connectivity index (χ4n) is 1.12. The van der Waals surface area contributed by atoms with Gasteiger partial charge in [-0.2, -0.15) is 0 Å². The molecule has 82 valence electrons. The molecule has 1 amide bonds. The molecule has 0 saturated carbocycles. The van der Waals surface area contributed by atoms with Gasteiger partial charge in [-0.15, -0.1) is 0 Å². The fraction of sp³-hybridized carbons (Fsp3) is 0.300. The largest absolute Gasteiger partial charge is 0.395 e. The molecule has 0 aromatic heterocycles. The first-order valence-electron chi connectivity index (χ1n) is 4.37. The Hall–Kier alpha value is -0.770. The number of nitrogens with zero attached hydrogens (tertiary/aromatic N) is 1. The van der Waals surface area contributed by atoms with Crippen LogP contribution >= 0.6 is 23.2 Å². The third-order valence-electron chi connectivity index (χ3n) is 1.94. The van der Waals surface area contributed by atoms with E-state index in [4.69, 9.17) is 28.3 Å². The highest BCUT2D eigenvalue weighted by molar-refractivity contribution is 6.36. The highest BCUT2D eigenvalue weighted by Gasteiger charge is 2.14. The molecule has 0 spiro atoms. The van der Waals surface area contributed by atoms with Gasteiger partial charge in [0.25, 0.3) is 5.91 Å². The van der Waals surface area contributed by atoms with Gasteiger partial charge in [0.05, 0.1) is 17.2 Å². The first kappa shape index (κ1) is 12.3. The smallest absolute Gasteiger partial charge is 0.255 e. The number of hydrogen-bond acceptors (Lipinski definition) is 2. The maximum absolute atomic E-state index is 11.8. The van der Waals surface area contributed by atoms with Crippen molar-refractivity contribution in [3.05, 3.63) is 33.8 Å². The number of carbonyl (C=O) groups excluding carboxylic acids is 1. The Morgan fingerprint density at radius 3 is 2.67 bits per heavy atom. The van der Waals surface area contributed by atoms with Crippen molar-refractivity contribution in [3.63, 3.8) is 0 Å². The van der Waals surface area contributed by atoms with Crippen molar-refractivity contribution in [1.29, 1.82) is 0 Å². The van der Waals surface area contributed by atoms with Crippen LogP contribution in [-0.2, 0) is 0 Å². The molecule has 0 fully saturated rings. The molecule has 0 heterocycles. The Bertz CT molecular complexity index is 368. The zero-order valence-corrected chi connectivity index (χ0v) is 9.72. The number of aliphatic hydroxyl groups excluding tert-OH is 1. The van der Waals surface area contributed by atoms with Crippen molar-refractivity contribution >= 4 is 29.1 Å². The predicted molar refractivity (Wildman–Crippen MR) is 60.5 cm³/mol. The SMILES string of the molecule is CN(CCO)C(=O)c1ccc(Cl)cc1Cl. The number of amides is 1. The van der Waals surface area contributed by atoms with Gasteiger partial charge in [0.15, 0.2) is 0 Å². The summed E-state index contributed by atoms with van der Waals surface area (Å²) in [7, 11) is 1.60. The van der Waals surface area contributed by atoms with Crippen molar-refractivity contribution in [2.24, 2.45) is 0 Å². The van der Waals surface area contributed by atoms with Crippen LogP contribution in [0.5, 0.6) is 0 Å². The average Bonchev–Trinajstić information content (AvgIpc) is 2.17. The maximum Gasteiger partial charge on any atom is 0.255 e. The summed E-state index contributed by atoms with van der Waals surface area (Å²) < 4.78 is 0. The Labute approximate surface area is 98.2 Å². The molecular weight excluding hydrogens is 237 g/mol. The molecular formula is C10H11Cl2NO2. The zero-order valence-electron chi connectivity index (χ0n) is 8.20. The Kier molecular flexibility index (Phi) is 4.39. The molecule has 1 aromatic carbocycles. The molecule has 0 aliphatic heterocycles. The predicted octanol–water partition coefficient (Wildman–Crippen LogP) is 2.06. The van der Waals surface area contributed by atoms with Crippen molar-refractivity contribution in [1.82, 2.24) is 4.90 Å². The van der Waals surface area contributed by atoms with Crippen molar-refractivity contribution < 1.29 is 9.90 Å². The Balaban J connectivity index is 2.91. The quantitative estimate of drug-likeness (QED) is 0.889. The average molecular weight is 248 g/mol. The number of carbonyl (C=O) groups is 1. The van der Waals surface area contributed by atoms with E-state index in [1.54, 1.807) is 19.2 Å². The first-order chi connectivity index (χ1) is 7.06. The van der Waals surface area contributed by atoms with Gasteiger partial charge in [0, 0.05) is 18.6 Å². The molecule has 0 aliphatic carbocycles. The molecule has 1 rings (SSSR count). The minimum Gasteiger partial charge on any atom is -0.395 e. The monoisotopic (exact) mass is 247 g/mol. The molecule has 0 bridgehead atoms. The number of aliphatic hydroxyl groups is 1. The van der Waals surface area contributed by atoms with E-state index in [2.05, 4.69) is 0 Å². The Morgan fingerprint density at radius 1 is 1.47 bits per heavy atom. The molecule has 1 aromatic rings. The van der Waals surface area contributed by atoms with Gasteiger partial charge in [0.2, 0.25) is 0 Å². The van der Waals surface area contributed by atoms with E-state index >= 15 is 0 Å². The van der Waals surface area contributed by atoms with Crippen LogP contribution in [0.1, 0.15) is 10.4 Å². The van der Waals surface area contributed by atoms with Crippen LogP contribution in [0, 0.1) is 0 Å². The second-order valence-corrected chi connectivity index (χ2v) is 3.92. The van der Waals surface area contributed by atoms with Gasteiger partial charge in [-0.1, -0.05) is 23.2 Å². The second-order valence-electron chi connectivity index (χ2n) is 3.07. The maximum atomic E-state index is 11.8. The molecule has 0 unspecified atom stereocenters. The van der Waals surface area contributed by atoms with Gasteiger partial charge >= 0.3 is 0 Å². The van der Waals surface area contributed by atoms with Crippen LogP contribution in [0.15, 0.2) is 18.2 Å². The highest BCUT2D eigenvalue weighted by Crippen LogP contribution is 2.21. The molecule has 0 radical (unpaired) electrons. The van der Waals surface area contributed by atoms with Gasteiger partial charge in [-0.05, 0) is 18.2 Å². The van der Waals surface area contributed by atoms with Gasteiger partial charge in [-0.25, -0.2) is 0 Å².